The molecule has 4 rings (SSSR count). The summed E-state index contributed by atoms with van der Waals surface area (Å²) in [6.07, 6.45) is 0. The van der Waals surface area contributed by atoms with Crippen molar-refractivity contribution in [2.75, 3.05) is 12.8 Å². The average molecular weight is 332 g/mol. The molecule has 1 aliphatic rings. The van der Waals surface area contributed by atoms with Gasteiger partial charge in [-0.2, -0.15) is 0 Å². The first kappa shape index (κ1) is 15.2. The third-order valence-electron chi connectivity index (χ3n) is 4.53. The van der Waals surface area contributed by atoms with Crippen LogP contribution < -0.4 is 10.5 Å². The third kappa shape index (κ3) is 2.32. The van der Waals surface area contributed by atoms with Crippen LogP contribution in [0, 0.1) is 0 Å². The zero-order chi connectivity index (χ0) is 17.6. The number of amides is 2. The number of hydrogen-bond donors (Lipinski definition) is 1. The molecule has 3 aromatic carbocycles. The van der Waals surface area contributed by atoms with Crippen molar-refractivity contribution in [1.82, 2.24) is 4.90 Å². The molecule has 2 N–H and O–H groups in total. The van der Waals surface area contributed by atoms with E-state index in [4.69, 9.17) is 10.5 Å². The number of methoxy groups -OCH3 is 1. The number of nitrogens with zero attached hydrogens (tertiary/aromatic N) is 1. The molecule has 0 spiro atoms. The summed E-state index contributed by atoms with van der Waals surface area (Å²) in [7, 11) is 1.59. The van der Waals surface area contributed by atoms with Gasteiger partial charge in [-0.1, -0.05) is 24.3 Å². The second-order valence-electron chi connectivity index (χ2n) is 5.98. The number of ether oxygens (including phenoxy) is 1. The van der Waals surface area contributed by atoms with Crippen LogP contribution in [0.15, 0.2) is 54.6 Å². The normalized spacial score (nSPS) is 13.4. The highest BCUT2D eigenvalue weighted by Crippen LogP contribution is 2.33. The van der Waals surface area contributed by atoms with E-state index in [1.165, 1.54) is 4.90 Å². The molecule has 25 heavy (non-hydrogen) atoms. The van der Waals surface area contributed by atoms with Gasteiger partial charge in [0.2, 0.25) is 0 Å². The molecule has 5 nitrogen and oxygen atoms in total. The minimum absolute atomic E-state index is 0.210. The highest BCUT2D eigenvalue weighted by molar-refractivity contribution is 6.26. The Morgan fingerprint density at radius 3 is 2.28 bits per heavy atom. The number of carbonyl (C=O) groups excluding carboxylic acids is 2. The van der Waals surface area contributed by atoms with E-state index in [1.807, 2.05) is 30.3 Å². The van der Waals surface area contributed by atoms with Crippen LogP contribution in [-0.2, 0) is 6.54 Å². The van der Waals surface area contributed by atoms with Crippen molar-refractivity contribution in [2.45, 2.75) is 6.54 Å². The topological polar surface area (TPSA) is 72.6 Å². The summed E-state index contributed by atoms with van der Waals surface area (Å²) in [5.74, 6) is 0.125. The van der Waals surface area contributed by atoms with E-state index in [0.717, 1.165) is 16.7 Å². The Balaban J connectivity index is 1.78. The van der Waals surface area contributed by atoms with Crippen molar-refractivity contribution in [3.8, 4) is 5.75 Å². The second-order valence-corrected chi connectivity index (χ2v) is 5.98. The number of anilines is 1. The Morgan fingerprint density at radius 1 is 0.920 bits per heavy atom. The SMILES string of the molecule is COc1ccc(CN2C(=O)c3cccc4c(N)ccc(c34)C2=O)cc1. The van der Waals surface area contributed by atoms with Gasteiger partial charge < -0.3 is 10.5 Å². The average Bonchev–Trinajstić information content (AvgIpc) is 2.65. The number of imide groups is 1. The van der Waals surface area contributed by atoms with Gasteiger partial charge in [0.15, 0.2) is 0 Å². The molecule has 1 heterocycles. The fourth-order valence-corrected chi connectivity index (χ4v) is 3.23. The Labute approximate surface area is 144 Å². The third-order valence-corrected chi connectivity index (χ3v) is 4.53. The summed E-state index contributed by atoms with van der Waals surface area (Å²) in [5.41, 5.74) is 8.43. The van der Waals surface area contributed by atoms with E-state index in [-0.39, 0.29) is 18.4 Å². The number of carbonyl (C=O) groups is 2. The van der Waals surface area contributed by atoms with Crippen LogP contribution in [0.3, 0.4) is 0 Å². The van der Waals surface area contributed by atoms with E-state index in [0.29, 0.717) is 22.2 Å². The van der Waals surface area contributed by atoms with E-state index < -0.39 is 0 Å². The van der Waals surface area contributed by atoms with Crippen LogP contribution >= 0.6 is 0 Å². The van der Waals surface area contributed by atoms with Crippen LogP contribution in [0.5, 0.6) is 5.75 Å². The Bertz CT molecular complexity index is 987. The molecule has 3 aromatic rings. The molecule has 5 heteroatoms. The molecule has 0 aliphatic carbocycles. The fourth-order valence-electron chi connectivity index (χ4n) is 3.23. The molecule has 0 saturated heterocycles. The van der Waals surface area contributed by atoms with Gasteiger partial charge in [-0.3, -0.25) is 14.5 Å². The predicted molar refractivity (Wildman–Crippen MR) is 95.6 cm³/mol. The van der Waals surface area contributed by atoms with Crippen molar-refractivity contribution in [1.29, 1.82) is 0 Å². The molecule has 0 atom stereocenters. The first-order valence-electron chi connectivity index (χ1n) is 7.90. The quantitative estimate of drug-likeness (QED) is 0.590. The molecular weight excluding hydrogens is 316 g/mol. The molecule has 0 radical (unpaired) electrons. The maximum Gasteiger partial charge on any atom is 0.261 e. The number of hydrogen-bond acceptors (Lipinski definition) is 4. The number of nitrogens with two attached hydrogens (primary N) is 1. The van der Waals surface area contributed by atoms with E-state index in [1.54, 1.807) is 31.4 Å². The highest BCUT2D eigenvalue weighted by Gasteiger charge is 2.33. The molecule has 0 unspecified atom stereocenters. The lowest BCUT2D eigenvalue weighted by molar-refractivity contribution is 0.0598. The highest BCUT2D eigenvalue weighted by atomic mass is 16.5. The molecule has 0 aromatic heterocycles. The molecule has 2 amide bonds. The molecule has 0 bridgehead atoms. The van der Waals surface area contributed by atoms with E-state index in [9.17, 15) is 9.59 Å². The molecule has 0 saturated carbocycles. The van der Waals surface area contributed by atoms with Gasteiger partial charge in [0.1, 0.15) is 5.75 Å². The van der Waals surface area contributed by atoms with Crippen molar-refractivity contribution >= 4 is 28.3 Å². The summed E-state index contributed by atoms with van der Waals surface area (Å²) in [6, 6.07) is 16.1. The summed E-state index contributed by atoms with van der Waals surface area (Å²) < 4.78 is 5.14. The summed E-state index contributed by atoms with van der Waals surface area (Å²) in [6.45, 7) is 0.210. The second kappa shape index (κ2) is 5.63. The first-order chi connectivity index (χ1) is 12.1. The van der Waals surface area contributed by atoms with Gasteiger partial charge in [0, 0.05) is 27.6 Å². The van der Waals surface area contributed by atoms with Crippen LogP contribution in [0.4, 0.5) is 5.69 Å². The monoisotopic (exact) mass is 332 g/mol. The lowest BCUT2D eigenvalue weighted by atomic mass is 9.93. The lowest BCUT2D eigenvalue weighted by Gasteiger charge is -2.27. The van der Waals surface area contributed by atoms with Gasteiger partial charge in [-0.15, -0.1) is 0 Å². The van der Waals surface area contributed by atoms with E-state index in [2.05, 4.69) is 0 Å². The maximum absolute atomic E-state index is 12.9. The van der Waals surface area contributed by atoms with Gasteiger partial charge in [-0.05, 0) is 35.9 Å². The van der Waals surface area contributed by atoms with Crippen LogP contribution in [0.25, 0.3) is 10.8 Å². The number of benzene rings is 3. The van der Waals surface area contributed by atoms with Crippen molar-refractivity contribution in [3.05, 3.63) is 71.3 Å². The molecular formula is C20H16N2O3. The van der Waals surface area contributed by atoms with Crippen molar-refractivity contribution < 1.29 is 14.3 Å². The van der Waals surface area contributed by atoms with Gasteiger partial charge in [-0.25, -0.2) is 0 Å². The first-order valence-corrected chi connectivity index (χ1v) is 7.90. The Hall–Kier alpha value is -3.34. The van der Waals surface area contributed by atoms with Gasteiger partial charge in [0.05, 0.1) is 13.7 Å². The minimum Gasteiger partial charge on any atom is -0.497 e. The molecule has 0 fully saturated rings. The van der Waals surface area contributed by atoms with Crippen LogP contribution in [0.1, 0.15) is 26.3 Å². The minimum atomic E-state index is -0.301. The zero-order valence-electron chi connectivity index (χ0n) is 13.7. The standard InChI is InChI=1S/C20H16N2O3/c1-25-13-7-5-12(6-8-13)11-22-19(23)15-4-2-3-14-17(21)10-9-16(18(14)15)20(22)24/h2-10H,11,21H2,1H3. The lowest BCUT2D eigenvalue weighted by Crippen LogP contribution is -2.39. The molecule has 1 aliphatic heterocycles. The van der Waals surface area contributed by atoms with Gasteiger partial charge in [0.25, 0.3) is 11.8 Å². The largest absolute Gasteiger partial charge is 0.497 e. The predicted octanol–water partition coefficient (Wildman–Crippen LogP) is 3.23. The zero-order valence-corrected chi connectivity index (χ0v) is 13.7. The summed E-state index contributed by atoms with van der Waals surface area (Å²) >= 11 is 0. The number of rotatable bonds is 3. The van der Waals surface area contributed by atoms with Crippen molar-refractivity contribution in [3.63, 3.8) is 0 Å². The summed E-state index contributed by atoms with van der Waals surface area (Å²) in [4.78, 5) is 27.1. The Kier molecular flexibility index (Phi) is 3.42. The fraction of sp³-hybridized carbons (Fsp3) is 0.100. The van der Waals surface area contributed by atoms with Crippen molar-refractivity contribution in [2.24, 2.45) is 0 Å². The summed E-state index contributed by atoms with van der Waals surface area (Å²) in [5, 5.41) is 1.38. The number of nitrogen functional groups attached to an aromatic ring is 1. The van der Waals surface area contributed by atoms with E-state index >= 15 is 0 Å². The maximum atomic E-state index is 12.9. The molecule has 124 valence electrons. The van der Waals surface area contributed by atoms with Gasteiger partial charge >= 0.3 is 0 Å². The van der Waals surface area contributed by atoms with Crippen LogP contribution in [0.2, 0.25) is 0 Å². The smallest absolute Gasteiger partial charge is 0.261 e. The Morgan fingerprint density at radius 2 is 1.60 bits per heavy atom. The van der Waals surface area contributed by atoms with Crippen LogP contribution in [-0.4, -0.2) is 23.8 Å².